The lowest BCUT2D eigenvalue weighted by atomic mass is 9.97. The zero-order valence-electron chi connectivity index (χ0n) is 19.8. The Morgan fingerprint density at radius 3 is 2.13 bits per heavy atom. The fourth-order valence-corrected chi connectivity index (χ4v) is 3.39. The second kappa shape index (κ2) is 8.29. The predicted molar refractivity (Wildman–Crippen MR) is 125 cm³/mol. The summed E-state index contributed by atoms with van der Waals surface area (Å²) in [7, 11) is 2.10. The van der Waals surface area contributed by atoms with Crippen LogP contribution in [0.15, 0.2) is 48.7 Å². The molecular weight excluding hydrogens is 370 g/mol. The molecule has 0 N–H and O–H groups in total. The van der Waals surface area contributed by atoms with E-state index in [9.17, 15) is 0 Å². The molecule has 0 spiro atoms. The van der Waals surface area contributed by atoms with Crippen molar-refractivity contribution >= 4 is 10.8 Å². The van der Waals surface area contributed by atoms with Crippen molar-refractivity contribution in [1.29, 1.82) is 0 Å². The van der Waals surface area contributed by atoms with Crippen molar-refractivity contribution in [3.05, 3.63) is 54.2 Å². The number of fused-ring (bicyclic) bond motifs is 1. The summed E-state index contributed by atoms with van der Waals surface area (Å²) in [4.78, 5) is 0. The smallest absolute Gasteiger partial charge is 0.220 e. The first-order valence-corrected chi connectivity index (χ1v) is 10.7. The summed E-state index contributed by atoms with van der Waals surface area (Å²) in [5.41, 5.74) is 3.62. The lowest BCUT2D eigenvalue weighted by Gasteiger charge is -2.23. The van der Waals surface area contributed by atoms with Crippen LogP contribution in [0, 0.1) is 17.8 Å². The average Bonchev–Trinajstić information content (AvgIpc) is 2.65. The summed E-state index contributed by atoms with van der Waals surface area (Å²) in [6.45, 7) is 16.6. The standard InChI is InChI=1S/C27H36NO2/c1-19-23(25-22-12-10-9-11-20(22)13-14-28(25)8)15-21(29-17-26(2,3)4)16-24(19)30-18-27(5,6)7/h9-16H,17-18H2,1-8H3/q+1. The topological polar surface area (TPSA) is 22.3 Å². The van der Waals surface area contributed by atoms with E-state index in [0.717, 1.165) is 22.6 Å². The lowest BCUT2D eigenvalue weighted by Crippen LogP contribution is -2.30. The summed E-state index contributed by atoms with van der Waals surface area (Å²) in [5, 5.41) is 2.45. The molecule has 3 nitrogen and oxygen atoms in total. The molecule has 0 amide bonds. The summed E-state index contributed by atoms with van der Waals surface area (Å²) in [6.07, 6.45) is 2.12. The Morgan fingerprint density at radius 2 is 1.47 bits per heavy atom. The molecule has 1 heterocycles. The van der Waals surface area contributed by atoms with Crippen LogP contribution in [0.5, 0.6) is 11.5 Å². The first-order valence-electron chi connectivity index (χ1n) is 10.7. The summed E-state index contributed by atoms with van der Waals surface area (Å²) < 4.78 is 14.7. The largest absolute Gasteiger partial charge is 0.493 e. The maximum atomic E-state index is 6.30. The summed E-state index contributed by atoms with van der Waals surface area (Å²) >= 11 is 0. The van der Waals surface area contributed by atoms with Gasteiger partial charge in [0.15, 0.2) is 6.20 Å². The van der Waals surface area contributed by atoms with Gasteiger partial charge in [0, 0.05) is 17.7 Å². The van der Waals surface area contributed by atoms with E-state index >= 15 is 0 Å². The summed E-state index contributed by atoms with van der Waals surface area (Å²) in [5.74, 6) is 1.74. The third kappa shape index (κ3) is 5.33. The van der Waals surface area contributed by atoms with E-state index in [0.29, 0.717) is 13.2 Å². The van der Waals surface area contributed by atoms with E-state index in [-0.39, 0.29) is 10.8 Å². The average molecular weight is 407 g/mol. The highest BCUT2D eigenvalue weighted by Crippen LogP contribution is 2.37. The number of aromatic nitrogens is 1. The lowest BCUT2D eigenvalue weighted by molar-refractivity contribution is -0.659. The molecule has 0 unspecified atom stereocenters. The molecule has 160 valence electrons. The Hall–Kier alpha value is -2.55. The van der Waals surface area contributed by atoms with Crippen LogP contribution in [0.1, 0.15) is 47.1 Å². The molecule has 3 rings (SSSR count). The monoisotopic (exact) mass is 406 g/mol. The van der Waals surface area contributed by atoms with Gasteiger partial charge in [-0.15, -0.1) is 0 Å². The van der Waals surface area contributed by atoms with Crippen molar-refractivity contribution in [1.82, 2.24) is 0 Å². The Morgan fingerprint density at radius 1 is 0.833 bits per heavy atom. The molecule has 0 aliphatic heterocycles. The molecule has 0 saturated carbocycles. The third-order valence-electron chi connectivity index (χ3n) is 4.97. The SMILES string of the molecule is Cc1c(OCC(C)(C)C)cc(OCC(C)(C)C)cc1-c1c2ccccc2cc[n+]1C. The van der Waals surface area contributed by atoms with E-state index in [4.69, 9.17) is 9.47 Å². The maximum absolute atomic E-state index is 6.30. The highest BCUT2D eigenvalue weighted by Gasteiger charge is 2.22. The van der Waals surface area contributed by atoms with Crippen molar-refractivity contribution in [2.75, 3.05) is 13.2 Å². The molecule has 3 aromatic rings. The number of aryl methyl sites for hydroxylation is 1. The number of ether oxygens (including phenoxy) is 2. The van der Waals surface area contributed by atoms with Crippen molar-refractivity contribution < 1.29 is 14.0 Å². The van der Waals surface area contributed by atoms with Crippen LogP contribution in [0.25, 0.3) is 22.0 Å². The van der Waals surface area contributed by atoms with Crippen LogP contribution < -0.4 is 14.0 Å². The van der Waals surface area contributed by atoms with Crippen LogP contribution in [-0.4, -0.2) is 13.2 Å². The molecule has 3 heteroatoms. The van der Waals surface area contributed by atoms with Gasteiger partial charge in [-0.2, -0.15) is 0 Å². The second-order valence-electron chi connectivity index (χ2n) is 10.7. The van der Waals surface area contributed by atoms with E-state index in [1.165, 1.54) is 16.5 Å². The Balaban J connectivity index is 2.17. The molecule has 0 aliphatic carbocycles. The normalized spacial score (nSPS) is 12.3. The first kappa shape index (κ1) is 22.1. The first-order chi connectivity index (χ1) is 13.9. The molecule has 1 aromatic heterocycles. The van der Waals surface area contributed by atoms with Gasteiger partial charge in [0.25, 0.3) is 0 Å². The highest BCUT2D eigenvalue weighted by molar-refractivity contribution is 5.94. The van der Waals surface area contributed by atoms with Crippen LogP contribution in [0.2, 0.25) is 0 Å². The molecule has 0 saturated heterocycles. The van der Waals surface area contributed by atoms with Gasteiger partial charge in [0.2, 0.25) is 5.69 Å². The minimum absolute atomic E-state index is 0.0823. The maximum Gasteiger partial charge on any atom is 0.220 e. The Labute approximate surface area is 181 Å². The molecule has 2 aromatic carbocycles. The quantitative estimate of drug-likeness (QED) is 0.452. The van der Waals surface area contributed by atoms with Gasteiger partial charge in [0.05, 0.1) is 24.2 Å². The van der Waals surface area contributed by atoms with E-state index in [2.05, 4.69) is 103 Å². The highest BCUT2D eigenvalue weighted by atomic mass is 16.5. The molecule has 0 radical (unpaired) electrons. The van der Waals surface area contributed by atoms with Crippen molar-refractivity contribution in [2.45, 2.75) is 48.5 Å². The number of hydrogen-bond donors (Lipinski definition) is 0. The minimum atomic E-state index is 0.0823. The molecule has 0 bridgehead atoms. The van der Waals surface area contributed by atoms with Gasteiger partial charge < -0.3 is 9.47 Å². The molecule has 0 atom stereocenters. The zero-order valence-corrected chi connectivity index (χ0v) is 19.8. The van der Waals surface area contributed by atoms with Gasteiger partial charge in [0.1, 0.15) is 18.5 Å². The fraction of sp³-hybridized carbons (Fsp3) is 0.444. The summed E-state index contributed by atoms with van der Waals surface area (Å²) in [6, 6.07) is 14.9. The number of nitrogens with zero attached hydrogens (tertiary/aromatic N) is 1. The molecule has 0 fully saturated rings. The van der Waals surface area contributed by atoms with Crippen LogP contribution in [0.3, 0.4) is 0 Å². The predicted octanol–water partition coefficient (Wildman–Crippen LogP) is 6.49. The van der Waals surface area contributed by atoms with Crippen LogP contribution >= 0.6 is 0 Å². The van der Waals surface area contributed by atoms with Gasteiger partial charge in [-0.3, -0.25) is 0 Å². The fourth-order valence-electron chi connectivity index (χ4n) is 3.39. The Bertz CT molecular complexity index is 1040. The van der Waals surface area contributed by atoms with Gasteiger partial charge in [-0.05, 0) is 35.3 Å². The van der Waals surface area contributed by atoms with Gasteiger partial charge >= 0.3 is 0 Å². The van der Waals surface area contributed by atoms with Crippen LogP contribution in [0.4, 0.5) is 0 Å². The number of hydrogen-bond acceptors (Lipinski definition) is 2. The second-order valence-corrected chi connectivity index (χ2v) is 10.7. The Kier molecular flexibility index (Phi) is 6.12. The molecule has 30 heavy (non-hydrogen) atoms. The number of rotatable bonds is 5. The molecule has 0 aliphatic rings. The van der Waals surface area contributed by atoms with Crippen LogP contribution in [-0.2, 0) is 7.05 Å². The molecular formula is C27H36NO2+. The third-order valence-corrected chi connectivity index (χ3v) is 4.97. The zero-order chi connectivity index (χ0) is 22.1. The van der Waals surface area contributed by atoms with Crippen molar-refractivity contribution in [3.8, 4) is 22.8 Å². The number of benzene rings is 2. The van der Waals surface area contributed by atoms with Crippen molar-refractivity contribution in [3.63, 3.8) is 0 Å². The van der Waals surface area contributed by atoms with E-state index in [1.54, 1.807) is 0 Å². The van der Waals surface area contributed by atoms with E-state index in [1.807, 2.05) is 6.07 Å². The van der Waals surface area contributed by atoms with E-state index < -0.39 is 0 Å². The van der Waals surface area contributed by atoms with Crippen molar-refractivity contribution in [2.24, 2.45) is 17.9 Å². The van der Waals surface area contributed by atoms with Gasteiger partial charge in [-0.25, -0.2) is 4.57 Å². The minimum Gasteiger partial charge on any atom is -0.493 e. The number of pyridine rings is 1. The van der Waals surface area contributed by atoms with Gasteiger partial charge in [-0.1, -0.05) is 59.7 Å².